The van der Waals surface area contributed by atoms with Crippen LogP contribution in [0.4, 0.5) is 0 Å². The number of carbonyl (C=O) groups excluding carboxylic acids is 2. The van der Waals surface area contributed by atoms with E-state index in [1.165, 1.54) is 0 Å². The Balaban J connectivity index is 2.00. The second-order valence-electron chi connectivity index (χ2n) is 4.97. The first kappa shape index (κ1) is 12.4. The molecule has 2 saturated heterocycles. The summed E-state index contributed by atoms with van der Waals surface area (Å²) in [5.74, 6) is 0.116. The van der Waals surface area contributed by atoms with E-state index in [0.29, 0.717) is 0 Å². The molecule has 2 heterocycles. The van der Waals surface area contributed by atoms with E-state index in [2.05, 4.69) is 5.32 Å². The molecule has 2 aliphatic rings. The average molecular weight is 239 g/mol. The van der Waals surface area contributed by atoms with Crippen LogP contribution in [0.3, 0.4) is 0 Å². The SMILES string of the molecule is CC(=O)N1CCC[C@@H]1C(=O)N(C)[C@H]1CCNC1. The van der Waals surface area contributed by atoms with Crippen LogP contribution in [0.5, 0.6) is 0 Å². The van der Waals surface area contributed by atoms with Gasteiger partial charge in [-0.1, -0.05) is 0 Å². The van der Waals surface area contributed by atoms with Gasteiger partial charge in [0, 0.05) is 33.1 Å². The van der Waals surface area contributed by atoms with Gasteiger partial charge in [-0.05, 0) is 25.8 Å². The summed E-state index contributed by atoms with van der Waals surface area (Å²) in [6.45, 7) is 4.11. The largest absolute Gasteiger partial charge is 0.340 e. The minimum absolute atomic E-state index is 0.0128. The zero-order valence-corrected chi connectivity index (χ0v) is 10.6. The molecular weight excluding hydrogens is 218 g/mol. The van der Waals surface area contributed by atoms with Crippen molar-refractivity contribution in [1.29, 1.82) is 0 Å². The number of amides is 2. The zero-order chi connectivity index (χ0) is 12.4. The van der Waals surface area contributed by atoms with Crippen LogP contribution in [-0.2, 0) is 9.59 Å². The van der Waals surface area contributed by atoms with Gasteiger partial charge in [-0.15, -0.1) is 0 Å². The number of likely N-dealkylation sites (tertiary alicyclic amines) is 1. The lowest BCUT2D eigenvalue weighted by atomic mass is 10.1. The zero-order valence-electron chi connectivity index (χ0n) is 10.6. The van der Waals surface area contributed by atoms with Gasteiger partial charge in [0.2, 0.25) is 11.8 Å². The highest BCUT2D eigenvalue weighted by atomic mass is 16.2. The molecule has 2 amide bonds. The molecule has 0 unspecified atom stereocenters. The van der Waals surface area contributed by atoms with Crippen molar-refractivity contribution < 1.29 is 9.59 Å². The van der Waals surface area contributed by atoms with Gasteiger partial charge in [-0.3, -0.25) is 9.59 Å². The summed E-state index contributed by atoms with van der Waals surface area (Å²) >= 11 is 0. The summed E-state index contributed by atoms with van der Waals surface area (Å²) in [6.07, 6.45) is 2.75. The average Bonchev–Trinajstić information content (AvgIpc) is 2.97. The van der Waals surface area contributed by atoms with Gasteiger partial charge in [0.25, 0.3) is 0 Å². The summed E-state index contributed by atoms with van der Waals surface area (Å²) in [5.41, 5.74) is 0. The summed E-state index contributed by atoms with van der Waals surface area (Å²) in [5, 5.41) is 3.26. The van der Waals surface area contributed by atoms with Crippen molar-refractivity contribution in [3.8, 4) is 0 Å². The van der Waals surface area contributed by atoms with Crippen LogP contribution in [0.15, 0.2) is 0 Å². The molecule has 0 bridgehead atoms. The fraction of sp³-hybridized carbons (Fsp3) is 0.833. The predicted molar refractivity (Wildman–Crippen MR) is 64.5 cm³/mol. The standard InChI is InChI=1S/C12H21N3O2/c1-9(16)15-7-3-4-11(15)12(17)14(2)10-5-6-13-8-10/h10-11,13H,3-8H2,1-2H3/t10-,11+/m0/s1. The second kappa shape index (κ2) is 5.04. The van der Waals surface area contributed by atoms with Gasteiger partial charge in [-0.2, -0.15) is 0 Å². The van der Waals surface area contributed by atoms with Gasteiger partial charge in [0.15, 0.2) is 0 Å². The number of likely N-dealkylation sites (N-methyl/N-ethyl adjacent to an activating group) is 1. The highest BCUT2D eigenvalue weighted by molar-refractivity contribution is 5.87. The number of hydrogen-bond donors (Lipinski definition) is 1. The van der Waals surface area contributed by atoms with Crippen molar-refractivity contribution >= 4 is 11.8 Å². The van der Waals surface area contributed by atoms with Gasteiger partial charge in [0.05, 0.1) is 0 Å². The van der Waals surface area contributed by atoms with Gasteiger partial charge in [-0.25, -0.2) is 0 Å². The minimum Gasteiger partial charge on any atom is -0.340 e. The molecule has 17 heavy (non-hydrogen) atoms. The number of hydrogen-bond acceptors (Lipinski definition) is 3. The third-order valence-corrected chi connectivity index (χ3v) is 3.87. The monoisotopic (exact) mass is 239 g/mol. The molecule has 2 rings (SSSR count). The Labute approximate surface area is 102 Å². The van der Waals surface area contributed by atoms with Gasteiger partial charge < -0.3 is 15.1 Å². The Hall–Kier alpha value is -1.10. The predicted octanol–water partition coefficient (Wildman–Crippen LogP) is -0.182. The van der Waals surface area contributed by atoms with Crippen molar-refractivity contribution in [3.05, 3.63) is 0 Å². The highest BCUT2D eigenvalue weighted by Crippen LogP contribution is 2.20. The van der Waals surface area contributed by atoms with Gasteiger partial charge in [0.1, 0.15) is 6.04 Å². The smallest absolute Gasteiger partial charge is 0.245 e. The molecule has 0 saturated carbocycles. The highest BCUT2D eigenvalue weighted by Gasteiger charge is 2.36. The topological polar surface area (TPSA) is 52.7 Å². The summed E-state index contributed by atoms with van der Waals surface area (Å²) < 4.78 is 0. The summed E-state index contributed by atoms with van der Waals surface area (Å²) in [4.78, 5) is 27.3. The summed E-state index contributed by atoms with van der Waals surface area (Å²) in [7, 11) is 1.86. The first-order valence-electron chi connectivity index (χ1n) is 6.36. The van der Waals surface area contributed by atoms with Crippen molar-refractivity contribution in [2.45, 2.75) is 38.3 Å². The quantitative estimate of drug-likeness (QED) is 0.727. The van der Waals surface area contributed by atoms with E-state index in [1.54, 1.807) is 11.8 Å². The second-order valence-corrected chi connectivity index (χ2v) is 4.97. The van der Waals surface area contributed by atoms with Crippen LogP contribution in [-0.4, -0.2) is 60.4 Å². The Morgan fingerprint density at radius 2 is 2.12 bits per heavy atom. The molecule has 2 fully saturated rings. The molecule has 0 aromatic rings. The molecule has 0 aromatic heterocycles. The van der Waals surface area contributed by atoms with E-state index in [1.807, 2.05) is 11.9 Å². The minimum atomic E-state index is -0.224. The van der Waals surface area contributed by atoms with Crippen molar-refractivity contribution in [2.24, 2.45) is 0 Å². The van der Waals surface area contributed by atoms with Crippen molar-refractivity contribution in [3.63, 3.8) is 0 Å². The lowest BCUT2D eigenvalue weighted by Gasteiger charge is -2.30. The van der Waals surface area contributed by atoms with Crippen molar-refractivity contribution in [1.82, 2.24) is 15.1 Å². The van der Waals surface area contributed by atoms with E-state index in [0.717, 1.165) is 38.9 Å². The molecule has 5 nitrogen and oxygen atoms in total. The third-order valence-electron chi connectivity index (χ3n) is 3.87. The molecule has 5 heteroatoms. The van der Waals surface area contributed by atoms with E-state index >= 15 is 0 Å². The van der Waals surface area contributed by atoms with Crippen LogP contribution in [0.25, 0.3) is 0 Å². The molecule has 0 aliphatic carbocycles. The lowest BCUT2D eigenvalue weighted by Crippen LogP contribution is -2.49. The van der Waals surface area contributed by atoms with Crippen molar-refractivity contribution in [2.75, 3.05) is 26.7 Å². The molecule has 1 N–H and O–H groups in total. The Bertz CT molecular complexity index is 313. The van der Waals surface area contributed by atoms with E-state index < -0.39 is 0 Å². The van der Waals surface area contributed by atoms with Crippen LogP contribution in [0, 0.1) is 0 Å². The van der Waals surface area contributed by atoms with Crippen LogP contribution in [0.1, 0.15) is 26.2 Å². The fourth-order valence-corrected chi connectivity index (χ4v) is 2.79. The van der Waals surface area contributed by atoms with Crippen LogP contribution >= 0.6 is 0 Å². The number of nitrogens with zero attached hydrogens (tertiary/aromatic N) is 2. The maximum Gasteiger partial charge on any atom is 0.245 e. The molecule has 0 aromatic carbocycles. The Morgan fingerprint density at radius 1 is 1.35 bits per heavy atom. The van der Waals surface area contributed by atoms with E-state index in [9.17, 15) is 9.59 Å². The Kier molecular flexibility index (Phi) is 3.66. The number of nitrogens with one attached hydrogen (secondary N) is 1. The number of rotatable bonds is 2. The molecule has 2 atom stereocenters. The first-order chi connectivity index (χ1) is 8.11. The lowest BCUT2D eigenvalue weighted by molar-refractivity contribution is -0.143. The number of carbonyl (C=O) groups is 2. The van der Waals surface area contributed by atoms with Crippen LogP contribution in [0.2, 0.25) is 0 Å². The molecule has 0 spiro atoms. The molecule has 0 radical (unpaired) electrons. The third kappa shape index (κ3) is 2.44. The van der Waals surface area contributed by atoms with E-state index in [4.69, 9.17) is 0 Å². The molecular formula is C12H21N3O2. The van der Waals surface area contributed by atoms with E-state index in [-0.39, 0.29) is 23.9 Å². The molecule has 96 valence electrons. The van der Waals surface area contributed by atoms with Gasteiger partial charge >= 0.3 is 0 Å². The Morgan fingerprint density at radius 3 is 2.71 bits per heavy atom. The first-order valence-corrected chi connectivity index (χ1v) is 6.36. The molecule has 2 aliphatic heterocycles. The normalized spacial score (nSPS) is 28.5. The van der Waals surface area contributed by atoms with Crippen LogP contribution < -0.4 is 5.32 Å². The maximum atomic E-state index is 12.4. The maximum absolute atomic E-state index is 12.4. The fourth-order valence-electron chi connectivity index (χ4n) is 2.79. The summed E-state index contributed by atoms with van der Waals surface area (Å²) in [6, 6.07) is 0.0648.